The van der Waals surface area contributed by atoms with Gasteiger partial charge in [0.25, 0.3) is 0 Å². The maximum absolute atomic E-state index is 13.5. The number of aryl methyl sites for hydroxylation is 1. The van der Waals surface area contributed by atoms with E-state index in [0.717, 1.165) is 31.5 Å². The number of sulfonamides is 1. The van der Waals surface area contributed by atoms with Crippen LogP contribution in [-0.4, -0.2) is 50.1 Å². The average Bonchev–Trinajstić information content (AvgIpc) is 3.15. The zero-order chi connectivity index (χ0) is 19.8. The molecule has 0 aliphatic carbocycles. The van der Waals surface area contributed by atoms with Gasteiger partial charge in [-0.3, -0.25) is 4.90 Å². The van der Waals surface area contributed by atoms with E-state index in [1.807, 2.05) is 24.3 Å². The summed E-state index contributed by atoms with van der Waals surface area (Å²) >= 11 is 0. The molecule has 2 fully saturated rings. The molecule has 150 valence electrons. The number of nitrogens with zero attached hydrogens (tertiary/aromatic N) is 2. The standard InChI is InChI=1S/C22H27FN2O2S/c1-28(26,27)25-15-20-14-24(13-19-8-5-9-21(23)12-19)16-22(20,17-25)11-10-18-6-3-2-4-7-18/h2-9,12,20H,10-11,13-17H2,1H3. The Bertz CT molecular complexity index is 935. The van der Waals surface area contributed by atoms with Crippen molar-refractivity contribution in [3.05, 3.63) is 71.5 Å². The van der Waals surface area contributed by atoms with Crippen molar-refractivity contribution in [2.24, 2.45) is 11.3 Å². The highest BCUT2D eigenvalue weighted by Crippen LogP contribution is 2.46. The zero-order valence-electron chi connectivity index (χ0n) is 16.2. The van der Waals surface area contributed by atoms with Gasteiger partial charge >= 0.3 is 0 Å². The summed E-state index contributed by atoms with van der Waals surface area (Å²) in [5.41, 5.74) is 2.22. The van der Waals surface area contributed by atoms with E-state index in [2.05, 4.69) is 17.0 Å². The van der Waals surface area contributed by atoms with Crippen LogP contribution in [0.5, 0.6) is 0 Å². The monoisotopic (exact) mass is 402 g/mol. The van der Waals surface area contributed by atoms with Crippen LogP contribution >= 0.6 is 0 Å². The minimum Gasteiger partial charge on any atom is -0.298 e. The quantitative estimate of drug-likeness (QED) is 0.745. The lowest BCUT2D eigenvalue weighted by molar-refractivity contribution is 0.224. The molecular formula is C22H27FN2O2S. The molecule has 0 bridgehead atoms. The molecule has 2 atom stereocenters. The number of hydrogen-bond acceptors (Lipinski definition) is 3. The molecule has 0 aromatic heterocycles. The minimum atomic E-state index is -3.18. The molecule has 2 aliphatic rings. The van der Waals surface area contributed by atoms with Crippen LogP contribution in [0.15, 0.2) is 54.6 Å². The van der Waals surface area contributed by atoms with Gasteiger partial charge in [-0.05, 0) is 42.0 Å². The molecule has 2 aliphatic heterocycles. The fourth-order valence-electron chi connectivity index (χ4n) is 4.90. The van der Waals surface area contributed by atoms with Gasteiger partial charge in [-0.1, -0.05) is 42.5 Å². The van der Waals surface area contributed by atoms with Crippen molar-refractivity contribution < 1.29 is 12.8 Å². The average molecular weight is 403 g/mol. The van der Waals surface area contributed by atoms with Crippen LogP contribution in [0.25, 0.3) is 0 Å². The van der Waals surface area contributed by atoms with Gasteiger partial charge in [0.05, 0.1) is 6.26 Å². The molecule has 0 saturated carbocycles. The minimum absolute atomic E-state index is 0.0355. The molecular weight excluding hydrogens is 375 g/mol. The molecule has 0 radical (unpaired) electrons. The first-order valence-electron chi connectivity index (χ1n) is 9.80. The van der Waals surface area contributed by atoms with Gasteiger partial charge in [0.1, 0.15) is 5.82 Å². The van der Waals surface area contributed by atoms with Crippen molar-refractivity contribution in [2.45, 2.75) is 19.4 Å². The lowest BCUT2D eigenvalue weighted by atomic mass is 9.76. The predicted molar refractivity (Wildman–Crippen MR) is 109 cm³/mol. The number of likely N-dealkylation sites (tertiary alicyclic amines) is 1. The van der Waals surface area contributed by atoms with E-state index in [0.29, 0.717) is 25.6 Å². The Morgan fingerprint density at radius 2 is 1.79 bits per heavy atom. The van der Waals surface area contributed by atoms with E-state index in [9.17, 15) is 12.8 Å². The van der Waals surface area contributed by atoms with E-state index in [-0.39, 0.29) is 11.2 Å². The Hall–Kier alpha value is -1.76. The Kier molecular flexibility index (Phi) is 5.29. The topological polar surface area (TPSA) is 40.6 Å². The van der Waals surface area contributed by atoms with E-state index in [4.69, 9.17) is 0 Å². The predicted octanol–water partition coefficient (Wildman–Crippen LogP) is 3.15. The van der Waals surface area contributed by atoms with Crippen LogP contribution in [0.2, 0.25) is 0 Å². The third-order valence-electron chi connectivity index (χ3n) is 6.32. The van der Waals surface area contributed by atoms with Gasteiger partial charge in [-0.2, -0.15) is 0 Å². The molecule has 2 aromatic rings. The molecule has 0 N–H and O–H groups in total. The van der Waals surface area contributed by atoms with E-state index < -0.39 is 10.0 Å². The summed E-state index contributed by atoms with van der Waals surface area (Å²) in [7, 11) is -3.18. The van der Waals surface area contributed by atoms with Crippen molar-refractivity contribution in [2.75, 3.05) is 32.4 Å². The third kappa shape index (κ3) is 4.14. The van der Waals surface area contributed by atoms with Gasteiger partial charge in [0.2, 0.25) is 10.0 Å². The van der Waals surface area contributed by atoms with E-state index >= 15 is 0 Å². The molecule has 2 heterocycles. The van der Waals surface area contributed by atoms with Crippen molar-refractivity contribution in [3.63, 3.8) is 0 Å². The van der Waals surface area contributed by atoms with Crippen LogP contribution in [-0.2, 0) is 23.0 Å². The van der Waals surface area contributed by atoms with Gasteiger partial charge in [-0.25, -0.2) is 17.1 Å². The highest BCUT2D eigenvalue weighted by molar-refractivity contribution is 7.88. The number of hydrogen-bond donors (Lipinski definition) is 0. The lowest BCUT2D eigenvalue weighted by Crippen LogP contribution is -2.36. The highest BCUT2D eigenvalue weighted by atomic mass is 32.2. The lowest BCUT2D eigenvalue weighted by Gasteiger charge is -2.29. The Balaban J connectivity index is 1.51. The van der Waals surface area contributed by atoms with Gasteiger partial charge in [-0.15, -0.1) is 0 Å². The number of halogens is 1. The fourth-order valence-corrected chi connectivity index (χ4v) is 5.85. The molecule has 2 saturated heterocycles. The largest absolute Gasteiger partial charge is 0.298 e. The van der Waals surface area contributed by atoms with Crippen molar-refractivity contribution >= 4 is 10.0 Å². The van der Waals surface area contributed by atoms with E-state index in [1.165, 1.54) is 17.9 Å². The summed E-state index contributed by atoms with van der Waals surface area (Å²) in [6, 6.07) is 17.1. The molecule has 2 unspecified atom stereocenters. The number of fused-ring (bicyclic) bond motifs is 1. The molecule has 4 rings (SSSR count). The van der Waals surface area contributed by atoms with Gasteiger partial charge < -0.3 is 0 Å². The summed E-state index contributed by atoms with van der Waals surface area (Å²) in [6.45, 7) is 3.60. The molecule has 28 heavy (non-hydrogen) atoms. The van der Waals surface area contributed by atoms with Crippen LogP contribution < -0.4 is 0 Å². The molecule has 2 aromatic carbocycles. The van der Waals surface area contributed by atoms with Crippen LogP contribution in [0.1, 0.15) is 17.5 Å². The maximum atomic E-state index is 13.5. The molecule has 0 amide bonds. The van der Waals surface area contributed by atoms with Gasteiger partial charge in [0, 0.05) is 38.1 Å². The van der Waals surface area contributed by atoms with Crippen molar-refractivity contribution in [1.29, 1.82) is 0 Å². The van der Waals surface area contributed by atoms with Crippen LogP contribution in [0.3, 0.4) is 0 Å². The van der Waals surface area contributed by atoms with Crippen LogP contribution in [0, 0.1) is 17.2 Å². The second kappa shape index (κ2) is 7.58. The Labute approximate surface area is 167 Å². The fraction of sp³-hybridized carbons (Fsp3) is 0.455. The normalized spacial score (nSPS) is 25.9. The number of benzene rings is 2. The summed E-state index contributed by atoms with van der Waals surface area (Å²) < 4.78 is 39.5. The Morgan fingerprint density at radius 3 is 2.50 bits per heavy atom. The van der Waals surface area contributed by atoms with E-state index in [1.54, 1.807) is 16.4 Å². The summed E-state index contributed by atoms with van der Waals surface area (Å²) in [6.07, 6.45) is 3.22. The van der Waals surface area contributed by atoms with Crippen LogP contribution in [0.4, 0.5) is 4.39 Å². The first kappa shape index (κ1) is 19.6. The smallest absolute Gasteiger partial charge is 0.211 e. The maximum Gasteiger partial charge on any atom is 0.211 e. The van der Waals surface area contributed by atoms with Crippen molar-refractivity contribution in [3.8, 4) is 0 Å². The van der Waals surface area contributed by atoms with Gasteiger partial charge in [0.15, 0.2) is 0 Å². The van der Waals surface area contributed by atoms with Crippen molar-refractivity contribution in [1.82, 2.24) is 9.21 Å². The Morgan fingerprint density at radius 1 is 1.04 bits per heavy atom. The second-order valence-electron chi connectivity index (χ2n) is 8.40. The summed E-state index contributed by atoms with van der Waals surface area (Å²) in [5, 5.41) is 0. The molecule has 4 nitrogen and oxygen atoms in total. The summed E-state index contributed by atoms with van der Waals surface area (Å²) in [4.78, 5) is 2.37. The third-order valence-corrected chi connectivity index (χ3v) is 7.53. The first-order valence-corrected chi connectivity index (χ1v) is 11.6. The first-order chi connectivity index (χ1) is 13.3. The highest BCUT2D eigenvalue weighted by Gasteiger charge is 2.53. The molecule has 6 heteroatoms. The SMILES string of the molecule is CS(=O)(=O)N1CC2CN(Cc3cccc(F)c3)CC2(CCc2ccccc2)C1. The zero-order valence-corrected chi connectivity index (χ0v) is 17.0. The summed E-state index contributed by atoms with van der Waals surface area (Å²) in [5.74, 6) is 0.110. The second-order valence-corrected chi connectivity index (χ2v) is 10.4. The molecule has 0 spiro atoms. The number of rotatable bonds is 6.